The number of benzene rings is 1. The first-order valence-electron chi connectivity index (χ1n) is 7.96. The van der Waals surface area contributed by atoms with Gasteiger partial charge in [-0.25, -0.2) is 4.98 Å². The maximum absolute atomic E-state index is 12.4. The highest BCUT2D eigenvalue weighted by Gasteiger charge is 2.23. The molecule has 5 nitrogen and oxygen atoms in total. The average Bonchev–Trinajstić information content (AvgIpc) is 3.10. The predicted octanol–water partition coefficient (Wildman–Crippen LogP) is 2.45. The summed E-state index contributed by atoms with van der Waals surface area (Å²) in [6.45, 7) is 4.82. The standard InChI is InChI=1S/C17H22N4OS.2ClH/c18-12-16-19-15(13-23-16)17(22)21-10-8-20(9-11-21)7-6-14-4-2-1-3-5-14;;/h1-5,13H,6-12,18H2;2*1H. The molecule has 1 aromatic carbocycles. The third-order valence-electron chi connectivity index (χ3n) is 4.16. The van der Waals surface area contributed by atoms with Gasteiger partial charge in [-0.2, -0.15) is 0 Å². The molecule has 1 aliphatic heterocycles. The number of nitrogens with two attached hydrogens (primary N) is 1. The van der Waals surface area contributed by atoms with E-state index in [1.54, 1.807) is 0 Å². The molecule has 138 valence electrons. The molecule has 2 heterocycles. The summed E-state index contributed by atoms with van der Waals surface area (Å²) in [5, 5.41) is 2.63. The van der Waals surface area contributed by atoms with E-state index < -0.39 is 0 Å². The molecular weight excluding hydrogens is 379 g/mol. The van der Waals surface area contributed by atoms with Crippen LogP contribution in [0.15, 0.2) is 35.7 Å². The van der Waals surface area contributed by atoms with Crippen molar-refractivity contribution in [1.82, 2.24) is 14.8 Å². The van der Waals surface area contributed by atoms with Crippen LogP contribution in [0.1, 0.15) is 21.1 Å². The van der Waals surface area contributed by atoms with Crippen LogP contribution in [0.4, 0.5) is 0 Å². The van der Waals surface area contributed by atoms with Crippen LogP contribution in [0.25, 0.3) is 0 Å². The number of carbonyl (C=O) groups is 1. The molecule has 2 N–H and O–H groups in total. The van der Waals surface area contributed by atoms with Crippen molar-refractivity contribution < 1.29 is 4.79 Å². The zero-order valence-electron chi connectivity index (χ0n) is 14.0. The number of piperazine rings is 1. The second kappa shape index (κ2) is 10.7. The average molecular weight is 403 g/mol. The Bertz CT molecular complexity index is 645. The monoisotopic (exact) mass is 402 g/mol. The minimum atomic E-state index is 0. The Labute approximate surface area is 165 Å². The van der Waals surface area contributed by atoms with Crippen molar-refractivity contribution in [2.24, 2.45) is 5.73 Å². The van der Waals surface area contributed by atoms with Gasteiger partial charge in [-0.15, -0.1) is 36.2 Å². The lowest BCUT2D eigenvalue weighted by Crippen LogP contribution is -2.49. The Morgan fingerprint density at radius 1 is 1.12 bits per heavy atom. The third-order valence-corrected chi connectivity index (χ3v) is 5.04. The lowest BCUT2D eigenvalue weighted by Gasteiger charge is -2.34. The molecular formula is C17H24Cl2N4OS. The predicted molar refractivity (Wildman–Crippen MR) is 107 cm³/mol. The number of carbonyl (C=O) groups excluding carboxylic acids is 1. The molecule has 2 aromatic rings. The molecule has 25 heavy (non-hydrogen) atoms. The normalized spacial score (nSPS) is 14.5. The van der Waals surface area contributed by atoms with E-state index in [2.05, 4.69) is 34.1 Å². The largest absolute Gasteiger partial charge is 0.335 e. The molecule has 0 unspecified atom stereocenters. The highest BCUT2D eigenvalue weighted by molar-refractivity contribution is 7.09. The number of nitrogens with zero attached hydrogens (tertiary/aromatic N) is 3. The van der Waals surface area contributed by atoms with Crippen molar-refractivity contribution in [3.63, 3.8) is 0 Å². The Balaban J connectivity index is 0.00000156. The van der Waals surface area contributed by atoms with Gasteiger partial charge in [-0.05, 0) is 12.0 Å². The molecule has 8 heteroatoms. The van der Waals surface area contributed by atoms with Crippen molar-refractivity contribution in [2.75, 3.05) is 32.7 Å². The van der Waals surface area contributed by atoms with Gasteiger partial charge in [0, 0.05) is 44.6 Å². The van der Waals surface area contributed by atoms with E-state index in [4.69, 9.17) is 5.73 Å². The molecule has 3 rings (SSSR count). The SMILES string of the molecule is Cl.Cl.NCc1nc(C(=O)N2CCN(CCc3ccccc3)CC2)cs1. The molecule has 1 fully saturated rings. The fraction of sp³-hybridized carbons (Fsp3) is 0.412. The van der Waals surface area contributed by atoms with E-state index in [0.717, 1.165) is 44.2 Å². The Hall–Kier alpha value is -1.18. The van der Waals surface area contributed by atoms with E-state index in [1.807, 2.05) is 16.3 Å². The van der Waals surface area contributed by atoms with Crippen molar-refractivity contribution >= 4 is 42.1 Å². The Morgan fingerprint density at radius 2 is 1.80 bits per heavy atom. The zero-order chi connectivity index (χ0) is 16.1. The second-order valence-electron chi connectivity index (χ2n) is 5.70. The number of hydrogen-bond donors (Lipinski definition) is 1. The lowest BCUT2D eigenvalue weighted by atomic mass is 10.1. The smallest absolute Gasteiger partial charge is 0.273 e. The van der Waals surface area contributed by atoms with Crippen LogP contribution in [0.5, 0.6) is 0 Å². The maximum Gasteiger partial charge on any atom is 0.273 e. The van der Waals surface area contributed by atoms with Gasteiger partial charge >= 0.3 is 0 Å². The number of rotatable bonds is 5. The summed E-state index contributed by atoms with van der Waals surface area (Å²) in [6, 6.07) is 10.5. The summed E-state index contributed by atoms with van der Waals surface area (Å²) in [7, 11) is 0. The van der Waals surface area contributed by atoms with Crippen LogP contribution < -0.4 is 5.73 Å². The Morgan fingerprint density at radius 3 is 2.40 bits per heavy atom. The zero-order valence-corrected chi connectivity index (χ0v) is 16.4. The summed E-state index contributed by atoms with van der Waals surface area (Å²) in [4.78, 5) is 21.0. The molecule has 0 atom stereocenters. The second-order valence-corrected chi connectivity index (χ2v) is 6.64. The van der Waals surface area contributed by atoms with Gasteiger partial charge in [0.15, 0.2) is 0 Å². The van der Waals surface area contributed by atoms with E-state index in [-0.39, 0.29) is 30.7 Å². The van der Waals surface area contributed by atoms with Crippen molar-refractivity contribution in [2.45, 2.75) is 13.0 Å². The fourth-order valence-corrected chi connectivity index (χ4v) is 3.42. The topological polar surface area (TPSA) is 62.5 Å². The molecule has 0 aliphatic carbocycles. The van der Waals surface area contributed by atoms with Gasteiger partial charge in [0.05, 0.1) is 0 Å². The van der Waals surface area contributed by atoms with Crippen molar-refractivity contribution in [3.05, 3.63) is 52.0 Å². The van der Waals surface area contributed by atoms with Crippen LogP contribution in [-0.4, -0.2) is 53.4 Å². The van der Waals surface area contributed by atoms with Crippen LogP contribution in [0.3, 0.4) is 0 Å². The summed E-state index contributed by atoms with van der Waals surface area (Å²) in [5.74, 6) is 0.0312. The van der Waals surface area contributed by atoms with Gasteiger partial charge in [0.1, 0.15) is 10.7 Å². The number of halogens is 2. The van der Waals surface area contributed by atoms with E-state index >= 15 is 0 Å². The molecule has 1 aliphatic rings. The first-order chi connectivity index (χ1) is 11.3. The van der Waals surface area contributed by atoms with E-state index in [0.29, 0.717) is 12.2 Å². The van der Waals surface area contributed by atoms with Gasteiger partial charge in [0.25, 0.3) is 5.91 Å². The van der Waals surface area contributed by atoms with Gasteiger partial charge in [0.2, 0.25) is 0 Å². The lowest BCUT2D eigenvalue weighted by molar-refractivity contribution is 0.0633. The summed E-state index contributed by atoms with van der Waals surface area (Å²) < 4.78 is 0. The molecule has 1 aromatic heterocycles. The summed E-state index contributed by atoms with van der Waals surface area (Å²) in [5.41, 5.74) is 7.46. The summed E-state index contributed by atoms with van der Waals surface area (Å²) >= 11 is 1.45. The number of thiazole rings is 1. The molecule has 0 saturated carbocycles. The first-order valence-corrected chi connectivity index (χ1v) is 8.84. The van der Waals surface area contributed by atoms with E-state index in [9.17, 15) is 4.79 Å². The fourth-order valence-electron chi connectivity index (χ4n) is 2.77. The van der Waals surface area contributed by atoms with Crippen LogP contribution in [0, 0.1) is 0 Å². The van der Waals surface area contributed by atoms with Crippen molar-refractivity contribution in [1.29, 1.82) is 0 Å². The van der Waals surface area contributed by atoms with Crippen LogP contribution in [0.2, 0.25) is 0 Å². The molecule has 0 spiro atoms. The molecule has 1 amide bonds. The molecule has 1 saturated heterocycles. The molecule has 0 radical (unpaired) electrons. The Kier molecular flexibility index (Phi) is 9.38. The molecule has 0 bridgehead atoms. The minimum absolute atomic E-state index is 0. The quantitative estimate of drug-likeness (QED) is 0.833. The first kappa shape index (κ1) is 21.9. The summed E-state index contributed by atoms with van der Waals surface area (Å²) in [6.07, 6.45) is 1.06. The van der Waals surface area contributed by atoms with Gasteiger partial charge in [-0.3, -0.25) is 9.69 Å². The number of hydrogen-bond acceptors (Lipinski definition) is 5. The highest BCUT2D eigenvalue weighted by atomic mass is 35.5. The minimum Gasteiger partial charge on any atom is -0.335 e. The van der Waals surface area contributed by atoms with Crippen molar-refractivity contribution in [3.8, 4) is 0 Å². The number of amides is 1. The van der Waals surface area contributed by atoms with Gasteiger partial charge < -0.3 is 10.6 Å². The van der Waals surface area contributed by atoms with Crippen LogP contribution >= 0.6 is 36.2 Å². The van der Waals surface area contributed by atoms with E-state index in [1.165, 1.54) is 16.9 Å². The highest BCUT2D eigenvalue weighted by Crippen LogP contribution is 2.13. The van der Waals surface area contributed by atoms with Gasteiger partial charge in [-0.1, -0.05) is 30.3 Å². The maximum atomic E-state index is 12.4. The van der Waals surface area contributed by atoms with Crippen LogP contribution in [-0.2, 0) is 13.0 Å². The number of aromatic nitrogens is 1. The third kappa shape index (κ3) is 5.94.